The molecule has 2 aliphatic heterocycles. The molecule has 0 saturated carbocycles. The topological polar surface area (TPSA) is 32.3 Å². The molecule has 1 aromatic rings. The smallest absolute Gasteiger partial charge is 0.257 e. The summed E-state index contributed by atoms with van der Waals surface area (Å²) in [6.45, 7) is 3.61. The molecule has 2 atom stereocenters. The Kier molecular flexibility index (Phi) is 3.74. The van der Waals surface area contributed by atoms with Gasteiger partial charge in [-0.15, -0.1) is 0 Å². The Morgan fingerprint density at radius 1 is 1.35 bits per heavy atom. The number of benzene rings is 1. The highest BCUT2D eigenvalue weighted by atomic mass is 19.1. The van der Waals surface area contributed by atoms with Crippen LogP contribution >= 0.6 is 0 Å². The second-order valence-corrected chi connectivity index (χ2v) is 5.89. The molecule has 0 radical (unpaired) electrons. The number of nitrogens with one attached hydrogen (secondary N) is 1. The van der Waals surface area contributed by atoms with E-state index in [1.807, 2.05) is 11.8 Å². The van der Waals surface area contributed by atoms with Gasteiger partial charge in [0.1, 0.15) is 5.82 Å². The summed E-state index contributed by atoms with van der Waals surface area (Å²) in [4.78, 5) is 14.5. The number of amides is 1. The van der Waals surface area contributed by atoms with E-state index in [1.54, 1.807) is 12.1 Å². The summed E-state index contributed by atoms with van der Waals surface area (Å²) >= 11 is 0. The minimum absolute atomic E-state index is 0.154. The zero-order valence-electron chi connectivity index (χ0n) is 11.9. The van der Waals surface area contributed by atoms with E-state index < -0.39 is 5.82 Å². The van der Waals surface area contributed by atoms with E-state index >= 15 is 0 Å². The van der Waals surface area contributed by atoms with Crippen LogP contribution in [0.2, 0.25) is 0 Å². The van der Waals surface area contributed by atoms with Gasteiger partial charge in [0.05, 0.1) is 5.56 Å². The van der Waals surface area contributed by atoms with Gasteiger partial charge >= 0.3 is 0 Å². The third-order valence-corrected chi connectivity index (χ3v) is 4.48. The molecule has 4 heteroatoms. The van der Waals surface area contributed by atoms with Gasteiger partial charge in [0.15, 0.2) is 0 Å². The molecule has 2 fully saturated rings. The normalized spacial score (nSPS) is 26.2. The fourth-order valence-electron chi connectivity index (χ4n) is 3.45. The monoisotopic (exact) mass is 276 g/mol. The Balaban J connectivity index is 1.81. The molecule has 3 nitrogen and oxygen atoms in total. The molecular weight excluding hydrogens is 255 g/mol. The first-order valence-corrected chi connectivity index (χ1v) is 7.47. The molecule has 1 aromatic carbocycles. The van der Waals surface area contributed by atoms with Gasteiger partial charge in [-0.1, -0.05) is 6.07 Å². The minimum atomic E-state index is -0.403. The van der Waals surface area contributed by atoms with Crippen molar-refractivity contribution >= 4 is 5.91 Å². The average molecular weight is 276 g/mol. The van der Waals surface area contributed by atoms with Crippen molar-refractivity contribution in [1.82, 2.24) is 10.2 Å². The van der Waals surface area contributed by atoms with E-state index in [0.29, 0.717) is 6.04 Å². The predicted octanol–water partition coefficient (Wildman–Crippen LogP) is 2.49. The number of hydrogen-bond acceptors (Lipinski definition) is 2. The first kappa shape index (κ1) is 13.6. The quantitative estimate of drug-likeness (QED) is 0.900. The number of halogens is 1. The summed E-state index contributed by atoms with van der Waals surface area (Å²) < 4.78 is 14.0. The highest BCUT2D eigenvalue weighted by molar-refractivity contribution is 5.95. The number of carbonyl (C=O) groups excluding carboxylic acids is 1. The molecule has 1 amide bonds. The van der Waals surface area contributed by atoms with Crippen molar-refractivity contribution in [3.63, 3.8) is 0 Å². The van der Waals surface area contributed by atoms with Crippen LogP contribution < -0.4 is 5.32 Å². The zero-order valence-corrected chi connectivity index (χ0v) is 11.9. The highest BCUT2D eigenvalue weighted by Gasteiger charge is 2.36. The standard InChI is InChI=1S/C16H21FN2O/c1-11-6-7-12(13(17)10-11)16(20)19-9-3-5-15(19)14-4-2-8-18-14/h6-7,10,14-15,18H,2-5,8-9H2,1H3. The van der Waals surface area contributed by atoms with Gasteiger partial charge in [0.2, 0.25) is 0 Å². The summed E-state index contributed by atoms with van der Waals surface area (Å²) in [7, 11) is 0. The summed E-state index contributed by atoms with van der Waals surface area (Å²) in [5.41, 5.74) is 1.05. The van der Waals surface area contributed by atoms with Crippen molar-refractivity contribution in [2.45, 2.75) is 44.7 Å². The maximum atomic E-state index is 14.0. The van der Waals surface area contributed by atoms with Crippen molar-refractivity contribution in [2.75, 3.05) is 13.1 Å². The van der Waals surface area contributed by atoms with Crippen LogP contribution in [0.3, 0.4) is 0 Å². The van der Waals surface area contributed by atoms with Crippen molar-refractivity contribution in [3.05, 3.63) is 35.1 Å². The maximum Gasteiger partial charge on any atom is 0.257 e. The summed E-state index contributed by atoms with van der Waals surface area (Å²) in [5.74, 6) is -0.557. The Labute approximate surface area is 119 Å². The first-order chi connectivity index (χ1) is 9.66. The van der Waals surface area contributed by atoms with E-state index in [9.17, 15) is 9.18 Å². The Hall–Kier alpha value is -1.42. The SMILES string of the molecule is Cc1ccc(C(=O)N2CCCC2C2CCCN2)c(F)c1. The number of rotatable bonds is 2. The second-order valence-electron chi connectivity index (χ2n) is 5.89. The van der Waals surface area contributed by atoms with Crippen LogP contribution in [-0.2, 0) is 0 Å². The Morgan fingerprint density at radius 2 is 2.20 bits per heavy atom. The van der Waals surface area contributed by atoms with Crippen LogP contribution in [0.1, 0.15) is 41.6 Å². The lowest BCUT2D eigenvalue weighted by atomic mass is 10.0. The van der Waals surface area contributed by atoms with Crippen LogP contribution in [0.4, 0.5) is 4.39 Å². The molecule has 2 saturated heterocycles. The summed E-state index contributed by atoms with van der Waals surface area (Å²) in [5, 5.41) is 3.47. The largest absolute Gasteiger partial charge is 0.334 e. The van der Waals surface area contributed by atoms with Gasteiger partial charge in [-0.3, -0.25) is 4.79 Å². The van der Waals surface area contributed by atoms with Gasteiger partial charge in [0, 0.05) is 18.6 Å². The maximum absolute atomic E-state index is 14.0. The number of likely N-dealkylation sites (tertiary alicyclic amines) is 1. The first-order valence-electron chi connectivity index (χ1n) is 7.47. The molecular formula is C16H21FN2O. The Bertz CT molecular complexity index is 511. The van der Waals surface area contributed by atoms with Gasteiger partial charge in [0.25, 0.3) is 5.91 Å². The Morgan fingerprint density at radius 3 is 2.90 bits per heavy atom. The molecule has 0 bridgehead atoms. The van der Waals surface area contributed by atoms with E-state index in [-0.39, 0.29) is 17.5 Å². The van der Waals surface area contributed by atoms with Crippen LogP contribution in [0.25, 0.3) is 0 Å². The number of carbonyl (C=O) groups is 1. The lowest BCUT2D eigenvalue weighted by Gasteiger charge is -2.29. The van der Waals surface area contributed by atoms with Gasteiger partial charge in [-0.2, -0.15) is 0 Å². The highest BCUT2D eigenvalue weighted by Crippen LogP contribution is 2.27. The van der Waals surface area contributed by atoms with Crippen molar-refractivity contribution in [3.8, 4) is 0 Å². The van der Waals surface area contributed by atoms with Crippen LogP contribution in [0, 0.1) is 12.7 Å². The van der Waals surface area contributed by atoms with Gasteiger partial charge < -0.3 is 10.2 Å². The van der Waals surface area contributed by atoms with Gasteiger partial charge in [-0.05, 0) is 56.8 Å². The molecule has 0 aliphatic carbocycles. The van der Waals surface area contributed by atoms with Crippen molar-refractivity contribution in [1.29, 1.82) is 0 Å². The number of aryl methyl sites for hydroxylation is 1. The lowest BCUT2D eigenvalue weighted by Crippen LogP contribution is -2.46. The molecule has 2 heterocycles. The molecule has 3 rings (SSSR count). The third kappa shape index (κ3) is 2.44. The molecule has 1 N–H and O–H groups in total. The number of nitrogens with zero attached hydrogens (tertiary/aromatic N) is 1. The minimum Gasteiger partial charge on any atom is -0.334 e. The predicted molar refractivity (Wildman–Crippen MR) is 76.2 cm³/mol. The number of hydrogen-bond donors (Lipinski definition) is 1. The lowest BCUT2D eigenvalue weighted by molar-refractivity contribution is 0.0706. The molecule has 108 valence electrons. The van der Waals surface area contributed by atoms with Gasteiger partial charge in [-0.25, -0.2) is 4.39 Å². The van der Waals surface area contributed by atoms with Crippen molar-refractivity contribution < 1.29 is 9.18 Å². The summed E-state index contributed by atoms with van der Waals surface area (Å²) in [6, 6.07) is 5.46. The molecule has 0 spiro atoms. The third-order valence-electron chi connectivity index (χ3n) is 4.48. The van der Waals surface area contributed by atoms with Crippen molar-refractivity contribution in [2.24, 2.45) is 0 Å². The molecule has 0 aromatic heterocycles. The van der Waals surface area contributed by atoms with Crippen LogP contribution in [0.15, 0.2) is 18.2 Å². The molecule has 2 unspecified atom stereocenters. The molecule has 20 heavy (non-hydrogen) atoms. The second kappa shape index (κ2) is 5.52. The summed E-state index contributed by atoms with van der Waals surface area (Å²) in [6.07, 6.45) is 4.33. The van der Waals surface area contributed by atoms with E-state index in [0.717, 1.165) is 37.9 Å². The fourth-order valence-corrected chi connectivity index (χ4v) is 3.45. The fraction of sp³-hybridized carbons (Fsp3) is 0.562. The van der Waals surface area contributed by atoms with Crippen LogP contribution in [0.5, 0.6) is 0 Å². The van der Waals surface area contributed by atoms with E-state index in [4.69, 9.17) is 0 Å². The van der Waals surface area contributed by atoms with E-state index in [1.165, 1.54) is 12.5 Å². The van der Waals surface area contributed by atoms with E-state index in [2.05, 4.69) is 5.32 Å². The molecule has 2 aliphatic rings. The van der Waals surface area contributed by atoms with Crippen LogP contribution in [-0.4, -0.2) is 36.0 Å². The average Bonchev–Trinajstić information content (AvgIpc) is 3.09. The zero-order chi connectivity index (χ0) is 14.1.